The number of nitrogens with one attached hydrogen (secondary N) is 2. The molecule has 2 amide bonds. The van der Waals surface area contributed by atoms with Gasteiger partial charge in [-0.2, -0.15) is 13.2 Å². The van der Waals surface area contributed by atoms with Gasteiger partial charge in [0.1, 0.15) is 23.5 Å². The van der Waals surface area contributed by atoms with Crippen LogP contribution < -0.4 is 10.6 Å². The lowest BCUT2D eigenvalue weighted by atomic mass is 9.80. The van der Waals surface area contributed by atoms with Crippen LogP contribution >= 0.6 is 11.3 Å². The molecule has 9 nitrogen and oxygen atoms in total. The lowest BCUT2D eigenvalue weighted by Crippen LogP contribution is -2.72. The smallest absolute Gasteiger partial charge is 0.437 e. The molecule has 0 saturated carbocycles. The number of nitro groups is 1. The predicted octanol–water partition coefficient (Wildman–Crippen LogP) is 4.02. The molecule has 172 valence electrons. The van der Waals surface area contributed by atoms with Crippen LogP contribution in [-0.4, -0.2) is 33.7 Å². The molecular weight excluding hydrogens is 467 g/mol. The van der Waals surface area contributed by atoms with Crippen molar-refractivity contribution >= 4 is 28.8 Å². The van der Waals surface area contributed by atoms with Crippen LogP contribution in [0.25, 0.3) is 11.3 Å². The van der Waals surface area contributed by atoms with Crippen molar-refractivity contribution in [1.82, 2.24) is 10.6 Å². The monoisotopic (exact) mass is 481 g/mol. The lowest BCUT2D eigenvalue weighted by Gasteiger charge is -2.44. The summed E-state index contributed by atoms with van der Waals surface area (Å²) in [7, 11) is 0. The molecule has 13 heteroatoms. The summed E-state index contributed by atoms with van der Waals surface area (Å²) < 4.78 is 47.3. The second kappa shape index (κ2) is 8.01. The third kappa shape index (κ3) is 3.96. The summed E-state index contributed by atoms with van der Waals surface area (Å²) in [6.45, 7) is 0. The van der Waals surface area contributed by atoms with Crippen LogP contribution in [0.1, 0.15) is 21.5 Å². The number of hydrogen-bond donors (Lipinski definition) is 3. The number of hydrogen-bond acceptors (Lipinski definition) is 7. The maximum atomic E-state index is 13.9. The summed E-state index contributed by atoms with van der Waals surface area (Å²) in [4.78, 5) is 35.4. The summed E-state index contributed by atoms with van der Waals surface area (Å²) >= 11 is 0.878. The Kier molecular flexibility index (Phi) is 5.46. The van der Waals surface area contributed by atoms with Gasteiger partial charge in [-0.25, -0.2) is 4.79 Å². The van der Waals surface area contributed by atoms with E-state index in [9.17, 15) is 38.0 Å². The number of urea groups is 1. The van der Waals surface area contributed by atoms with Gasteiger partial charge in [0.15, 0.2) is 5.78 Å². The predicted molar refractivity (Wildman–Crippen MR) is 108 cm³/mol. The molecule has 3 aromatic rings. The number of thiophene rings is 1. The quantitative estimate of drug-likeness (QED) is 0.286. The van der Waals surface area contributed by atoms with E-state index in [2.05, 4.69) is 5.32 Å². The van der Waals surface area contributed by atoms with E-state index in [4.69, 9.17) is 4.42 Å². The van der Waals surface area contributed by atoms with E-state index in [0.29, 0.717) is 0 Å². The first-order valence-corrected chi connectivity index (χ1v) is 10.2. The van der Waals surface area contributed by atoms with Gasteiger partial charge in [-0.1, -0.05) is 18.2 Å². The Bertz CT molecular complexity index is 1230. The van der Waals surface area contributed by atoms with E-state index in [0.717, 1.165) is 11.3 Å². The molecule has 4 rings (SSSR count). The number of carbonyl (C=O) groups excluding carboxylic acids is 2. The molecule has 1 aromatic carbocycles. The minimum atomic E-state index is -5.39. The number of halogens is 3. The number of benzene rings is 1. The Labute approximate surface area is 187 Å². The fourth-order valence-electron chi connectivity index (χ4n) is 3.60. The van der Waals surface area contributed by atoms with Gasteiger partial charge in [-0.3, -0.25) is 14.9 Å². The number of amides is 2. The molecule has 2 aromatic heterocycles. The van der Waals surface area contributed by atoms with Crippen LogP contribution in [0.5, 0.6) is 0 Å². The van der Waals surface area contributed by atoms with Crippen molar-refractivity contribution in [3.8, 4) is 11.3 Å². The number of carbonyl (C=O) groups is 2. The number of aliphatic hydroxyl groups is 1. The van der Waals surface area contributed by atoms with Crippen molar-refractivity contribution in [3.05, 3.63) is 74.7 Å². The lowest BCUT2D eigenvalue weighted by molar-refractivity contribution is -0.384. The maximum absolute atomic E-state index is 13.9. The van der Waals surface area contributed by atoms with E-state index >= 15 is 0 Å². The van der Waals surface area contributed by atoms with Crippen LogP contribution in [0.2, 0.25) is 0 Å². The Morgan fingerprint density at radius 1 is 1.21 bits per heavy atom. The zero-order chi connectivity index (χ0) is 24.0. The van der Waals surface area contributed by atoms with Crippen LogP contribution in [0.15, 0.2) is 58.3 Å². The normalized spacial score (nSPS) is 23.0. The number of rotatable bonds is 5. The molecule has 0 unspecified atom stereocenters. The van der Waals surface area contributed by atoms with Gasteiger partial charge in [0.2, 0.25) is 5.72 Å². The molecule has 1 saturated heterocycles. The van der Waals surface area contributed by atoms with E-state index in [1.54, 1.807) is 0 Å². The standard InChI is InChI=1S/C20H14F3N3O6S/c21-20(22,23)19(29)15(17(27)14-5-2-8-33-14)16(24-18(28)25-19)13-7-6-12(32-13)10-3-1-4-11(9-10)26(30)31/h1-9,15-16,29H,(H2,24,25,28)/t15-,16+,19-/m0/s1. The molecule has 1 aliphatic rings. The van der Waals surface area contributed by atoms with Gasteiger partial charge in [-0.15, -0.1) is 11.3 Å². The molecule has 0 aliphatic carbocycles. The van der Waals surface area contributed by atoms with E-state index < -0.39 is 40.6 Å². The fourth-order valence-corrected chi connectivity index (χ4v) is 4.30. The minimum absolute atomic E-state index is 0.0550. The summed E-state index contributed by atoms with van der Waals surface area (Å²) in [5, 5.41) is 26.7. The molecule has 3 heterocycles. The van der Waals surface area contributed by atoms with E-state index in [1.807, 2.05) is 0 Å². The fraction of sp³-hybridized carbons (Fsp3) is 0.200. The Morgan fingerprint density at radius 3 is 2.61 bits per heavy atom. The number of ketones is 1. The molecular formula is C20H14F3N3O6S. The molecule has 1 fully saturated rings. The summed E-state index contributed by atoms with van der Waals surface area (Å²) in [5.74, 6) is -3.48. The topological polar surface area (TPSA) is 135 Å². The number of alkyl halides is 3. The van der Waals surface area contributed by atoms with Crippen molar-refractivity contribution in [1.29, 1.82) is 0 Å². The third-order valence-electron chi connectivity index (χ3n) is 5.13. The van der Waals surface area contributed by atoms with Crippen LogP contribution in [-0.2, 0) is 0 Å². The molecule has 0 spiro atoms. The van der Waals surface area contributed by atoms with Crippen molar-refractivity contribution in [2.24, 2.45) is 5.92 Å². The first kappa shape index (κ1) is 22.5. The first-order chi connectivity index (χ1) is 15.5. The number of nitrogens with zero attached hydrogens (tertiary/aromatic N) is 1. The van der Waals surface area contributed by atoms with Crippen LogP contribution in [0.3, 0.4) is 0 Å². The minimum Gasteiger partial charge on any atom is -0.459 e. The highest BCUT2D eigenvalue weighted by Gasteiger charge is 2.67. The van der Waals surface area contributed by atoms with E-state index in [1.165, 1.54) is 59.2 Å². The first-order valence-electron chi connectivity index (χ1n) is 9.31. The van der Waals surface area contributed by atoms with Gasteiger partial charge >= 0.3 is 12.2 Å². The zero-order valence-electron chi connectivity index (χ0n) is 16.3. The largest absolute Gasteiger partial charge is 0.459 e. The molecule has 3 N–H and O–H groups in total. The second-order valence-electron chi connectivity index (χ2n) is 7.17. The highest BCUT2D eigenvalue weighted by molar-refractivity contribution is 7.12. The van der Waals surface area contributed by atoms with Gasteiger partial charge in [0.25, 0.3) is 5.69 Å². The van der Waals surface area contributed by atoms with Crippen molar-refractivity contribution in [2.45, 2.75) is 17.9 Å². The third-order valence-corrected chi connectivity index (χ3v) is 6.01. The Morgan fingerprint density at radius 2 is 1.97 bits per heavy atom. The number of furan rings is 1. The maximum Gasteiger partial charge on any atom is 0.437 e. The molecule has 0 radical (unpaired) electrons. The van der Waals surface area contributed by atoms with Crippen LogP contribution in [0.4, 0.5) is 23.7 Å². The number of Topliss-reactive ketones (excluding diaryl/α,β-unsaturated/α-hetero) is 1. The molecule has 3 atom stereocenters. The van der Waals surface area contributed by atoms with Crippen molar-refractivity contribution in [2.75, 3.05) is 0 Å². The average molecular weight is 481 g/mol. The Balaban J connectivity index is 1.79. The van der Waals surface area contributed by atoms with Gasteiger partial charge < -0.3 is 20.2 Å². The van der Waals surface area contributed by atoms with Gasteiger partial charge in [0.05, 0.1) is 9.80 Å². The SMILES string of the molecule is O=C1N[C@H](c2ccc(-c3cccc([N+](=O)[O-])c3)o2)[C@@H](C(=O)c2cccs2)[C@](O)(C(F)(F)F)N1. The summed E-state index contributed by atoms with van der Waals surface area (Å²) in [6.07, 6.45) is -5.39. The number of non-ortho nitro benzene ring substituents is 1. The molecule has 0 bridgehead atoms. The Hall–Kier alpha value is -3.71. The molecule has 33 heavy (non-hydrogen) atoms. The summed E-state index contributed by atoms with van der Waals surface area (Å²) in [6, 6.07) is 7.61. The second-order valence-corrected chi connectivity index (χ2v) is 8.12. The zero-order valence-corrected chi connectivity index (χ0v) is 17.1. The van der Waals surface area contributed by atoms with Crippen LogP contribution in [0, 0.1) is 16.0 Å². The molecule has 1 aliphatic heterocycles. The van der Waals surface area contributed by atoms with Gasteiger partial charge in [0, 0.05) is 17.7 Å². The van der Waals surface area contributed by atoms with Crippen molar-refractivity contribution < 1.29 is 37.2 Å². The number of nitro benzene ring substituents is 1. The highest BCUT2D eigenvalue weighted by Crippen LogP contribution is 2.45. The highest BCUT2D eigenvalue weighted by atomic mass is 32.1. The van der Waals surface area contributed by atoms with E-state index in [-0.39, 0.29) is 27.6 Å². The average Bonchev–Trinajstić information content (AvgIpc) is 3.44. The van der Waals surface area contributed by atoms with Crippen molar-refractivity contribution in [3.63, 3.8) is 0 Å². The summed E-state index contributed by atoms with van der Waals surface area (Å²) in [5.41, 5.74) is -3.86. The van der Waals surface area contributed by atoms with Gasteiger partial charge in [-0.05, 0) is 23.6 Å².